The molecule has 1 aromatic carbocycles. The maximum atomic E-state index is 13.4. The molecule has 0 aliphatic carbocycles. The maximum absolute atomic E-state index is 13.4. The lowest BCUT2D eigenvalue weighted by molar-refractivity contribution is 0.125. The van der Waals surface area contributed by atoms with E-state index in [0.717, 1.165) is 0 Å². The third kappa shape index (κ3) is 4.23. The summed E-state index contributed by atoms with van der Waals surface area (Å²) in [5.74, 6) is 0.343. The van der Waals surface area contributed by atoms with Crippen LogP contribution in [0.1, 0.15) is 20.8 Å². The van der Waals surface area contributed by atoms with E-state index in [4.69, 9.17) is 22.1 Å². The van der Waals surface area contributed by atoms with E-state index < -0.39 is 11.4 Å². The number of hydrogen-bond donors (Lipinski definition) is 2. The van der Waals surface area contributed by atoms with Gasteiger partial charge in [0.15, 0.2) is 0 Å². The fourth-order valence-corrected chi connectivity index (χ4v) is 1.73. The minimum atomic E-state index is -0.497. The largest absolute Gasteiger partial charge is 0.470 e. The standard InChI is InChI=1S/C15H17ClFN3O/c1-15(2,3)21-14-12(18)6-7-13(20-14)19-9-4-5-10(16)11(17)8-9/h4-8H,18H2,1-3H3,(H,19,20). The van der Waals surface area contributed by atoms with Crippen molar-refractivity contribution < 1.29 is 9.13 Å². The zero-order valence-electron chi connectivity index (χ0n) is 12.1. The van der Waals surface area contributed by atoms with Crippen LogP contribution in [0.2, 0.25) is 5.02 Å². The van der Waals surface area contributed by atoms with Gasteiger partial charge in [0.2, 0.25) is 5.88 Å². The summed E-state index contributed by atoms with van der Waals surface area (Å²) in [6, 6.07) is 7.81. The van der Waals surface area contributed by atoms with Crippen molar-refractivity contribution in [3.63, 3.8) is 0 Å². The first kappa shape index (κ1) is 15.4. The lowest BCUT2D eigenvalue weighted by atomic mass is 10.2. The van der Waals surface area contributed by atoms with E-state index in [1.165, 1.54) is 12.1 Å². The van der Waals surface area contributed by atoms with Gasteiger partial charge < -0.3 is 15.8 Å². The molecule has 3 N–H and O–H groups in total. The Morgan fingerprint density at radius 2 is 1.95 bits per heavy atom. The van der Waals surface area contributed by atoms with E-state index >= 15 is 0 Å². The molecular weight excluding hydrogens is 293 g/mol. The predicted molar refractivity (Wildman–Crippen MR) is 83.7 cm³/mol. The number of aromatic nitrogens is 1. The Morgan fingerprint density at radius 1 is 1.24 bits per heavy atom. The van der Waals surface area contributed by atoms with E-state index in [9.17, 15) is 4.39 Å². The van der Waals surface area contributed by atoms with Crippen LogP contribution >= 0.6 is 11.6 Å². The number of nitrogens with one attached hydrogen (secondary N) is 1. The van der Waals surface area contributed by atoms with Crippen molar-refractivity contribution in [3.8, 4) is 5.88 Å². The molecule has 0 aliphatic rings. The van der Waals surface area contributed by atoms with E-state index in [1.54, 1.807) is 18.2 Å². The van der Waals surface area contributed by atoms with Crippen LogP contribution in [0.5, 0.6) is 5.88 Å². The summed E-state index contributed by atoms with van der Waals surface area (Å²) in [6.07, 6.45) is 0. The molecule has 112 valence electrons. The molecule has 0 atom stereocenters. The molecule has 0 unspecified atom stereocenters. The van der Waals surface area contributed by atoms with E-state index in [1.807, 2.05) is 20.8 Å². The quantitative estimate of drug-likeness (QED) is 0.883. The molecule has 0 bridgehead atoms. The third-order valence-corrected chi connectivity index (χ3v) is 2.79. The molecule has 0 spiro atoms. The van der Waals surface area contributed by atoms with Gasteiger partial charge in [-0.15, -0.1) is 0 Å². The van der Waals surface area contributed by atoms with Gasteiger partial charge in [0.25, 0.3) is 0 Å². The van der Waals surface area contributed by atoms with Crippen molar-refractivity contribution in [2.45, 2.75) is 26.4 Å². The van der Waals surface area contributed by atoms with Crippen LogP contribution in [0.25, 0.3) is 0 Å². The van der Waals surface area contributed by atoms with Crippen molar-refractivity contribution in [2.75, 3.05) is 11.1 Å². The fourth-order valence-electron chi connectivity index (χ4n) is 1.61. The third-order valence-electron chi connectivity index (χ3n) is 2.48. The number of ether oxygens (including phenoxy) is 1. The van der Waals surface area contributed by atoms with Gasteiger partial charge in [0, 0.05) is 5.69 Å². The maximum Gasteiger partial charge on any atom is 0.239 e. The molecule has 0 aliphatic heterocycles. The van der Waals surface area contributed by atoms with Gasteiger partial charge in [-0.25, -0.2) is 4.39 Å². The number of benzene rings is 1. The Bertz CT molecular complexity index is 656. The monoisotopic (exact) mass is 309 g/mol. The zero-order valence-corrected chi connectivity index (χ0v) is 12.8. The van der Waals surface area contributed by atoms with Crippen LogP contribution in [-0.4, -0.2) is 10.6 Å². The average Bonchev–Trinajstić information content (AvgIpc) is 2.36. The van der Waals surface area contributed by atoms with Gasteiger partial charge in [-0.3, -0.25) is 0 Å². The highest BCUT2D eigenvalue weighted by molar-refractivity contribution is 6.30. The number of nitrogen functional groups attached to an aromatic ring is 1. The van der Waals surface area contributed by atoms with Crippen LogP contribution in [0.15, 0.2) is 30.3 Å². The predicted octanol–water partition coefficient (Wildman–Crippen LogP) is 4.38. The molecule has 0 saturated heterocycles. The number of hydrogen-bond acceptors (Lipinski definition) is 4. The lowest BCUT2D eigenvalue weighted by Gasteiger charge is -2.21. The van der Waals surface area contributed by atoms with Crippen molar-refractivity contribution in [1.82, 2.24) is 4.98 Å². The number of halogens is 2. The van der Waals surface area contributed by atoms with E-state index in [2.05, 4.69) is 10.3 Å². The van der Waals surface area contributed by atoms with Crippen LogP contribution in [-0.2, 0) is 0 Å². The highest BCUT2D eigenvalue weighted by Gasteiger charge is 2.15. The molecule has 4 nitrogen and oxygen atoms in total. The Balaban J connectivity index is 2.24. The van der Waals surface area contributed by atoms with Crippen molar-refractivity contribution >= 4 is 28.8 Å². The fraction of sp³-hybridized carbons (Fsp3) is 0.267. The summed E-state index contributed by atoms with van der Waals surface area (Å²) in [4.78, 5) is 4.29. The minimum absolute atomic E-state index is 0.0718. The molecule has 1 heterocycles. The number of pyridine rings is 1. The first-order valence-corrected chi connectivity index (χ1v) is 6.80. The van der Waals surface area contributed by atoms with E-state index in [-0.39, 0.29) is 5.02 Å². The molecule has 6 heteroatoms. The Hall–Kier alpha value is -2.01. The average molecular weight is 310 g/mol. The van der Waals surface area contributed by atoms with Crippen LogP contribution in [0.4, 0.5) is 21.6 Å². The van der Waals surface area contributed by atoms with Gasteiger partial charge >= 0.3 is 0 Å². The topological polar surface area (TPSA) is 60.2 Å². The molecule has 0 fully saturated rings. The Labute approximate surface area is 128 Å². The summed E-state index contributed by atoms with van der Waals surface area (Å²) in [7, 11) is 0. The summed E-state index contributed by atoms with van der Waals surface area (Å²) in [6.45, 7) is 5.72. The number of rotatable bonds is 3. The highest BCUT2D eigenvalue weighted by atomic mass is 35.5. The van der Waals surface area contributed by atoms with Gasteiger partial charge in [0.05, 0.1) is 10.7 Å². The van der Waals surface area contributed by atoms with E-state index in [0.29, 0.717) is 23.1 Å². The van der Waals surface area contributed by atoms with Crippen LogP contribution in [0, 0.1) is 5.82 Å². The molecule has 2 rings (SSSR count). The van der Waals surface area contributed by atoms with Gasteiger partial charge in [-0.05, 0) is 51.1 Å². The molecule has 0 radical (unpaired) electrons. The van der Waals surface area contributed by atoms with Crippen LogP contribution in [0.3, 0.4) is 0 Å². The van der Waals surface area contributed by atoms with Gasteiger partial charge in [0.1, 0.15) is 17.2 Å². The van der Waals surface area contributed by atoms with Crippen molar-refractivity contribution in [3.05, 3.63) is 41.2 Å². The molecule has 21 heavy (non-hydrogen) atoms. The minimum Gasteiger partial charge on any atom is -0.470 e. The number of nitrogens with zero attached hydrogens (tertiary/aromatic N) is 1. The SMILES string of the molecule is CC(C)(C)Oc1nc(Nc2ccc(Cl)c(F)c2)ccc1N. The van der Waals surface area contributed by atoms with Gasteiger partial charge in [-0.1, -0.05) is 11.6 Å². The molecular formula is C15H17ClFN3O. The molecule has 2 aromatic rings. The second-order valence-corrected chi connectivity index (χ2v) is 5.97. The summed E-state index contributed by atoms with van der Waals surface area (Å²) < 4.78 is 19.1. The lowest BCUT2D eigenvalue weighted by Crippen LogP contribution is -2.24. The highest BCUT2D eigenvalue weighted by Crippen LogP contribution is 2.27. The second-order valence-electron chi connectivity index (χ2n) is 5.56. The Kier molecular flexibility index (Phi) is 4.23. The summed E-state index contributed by atoms with van der Waals surface area (Å²) in [5.41, 5.74) is 6.41. The first-order chi connectivity index (χ1) is 9.74. The van der Waals surface area contributed by atoms with Crippen molar-refractivity contribution in [2.24, 2.45) is 0 Å². The van der Waals surface area contributed by atoms with Gasteiger partial charge in [-0.2, -0.15) is 4.98 Å². The molecule has 0 saturated carbocycles. The normalized spacial score (nSPS) is 11.3. The van der Waals surface area contributed by atoms with Crippen LogP contribution < -0.4 is 15.8 Å². The summed E-state index contributed by atoms with van der Waals surface area (Å²) >= 11 is 5.65. The number of nitrogens with two attached hydrogens (primary N) is 1. The smallest absolute Gasteiger partial charge is 0.239 e. The Morgan fingerprint density at radius 3 is 2.57 bits per heavy atom. The summed E-state index contributed by atoms with van der Waals surface area (Å²) in [5, 5.41) is 3.05. The molecule has 0 amide bonds. The zero-order chi connectivity index (χ0) is 15.6. The number of anilines is 3. The van der Waals surface area contributed by atoms with Crippen molar-refractivity contribution in [1.29, 1.82) is 0 Å². The molecule has 1 aromatic heterocycles. The second kappa shape index (κ2) is 5.77. The first-order valence-electron chi connectivity index (χ1n) is 6.42.